The molecule has 2 amide bonds. The maximum atomic E-state index is 12.5. The van der Waals surface area contributed by atoms with Crippen LogP contribution >= 0.6 is 11.8 Å². The fraction of sp³-hybridized carbons (Fsp3) is 0.556. The van der Waals surface area contributed by atoms with Crippen molar-refractivity contribution in [2.45, 2.75) is 25.3 Å². The van der Waals surface area contributed by atoms with Crippen LogP contribution < -0.4 is 15.8 Å². The molecule has 0 aliphatic carbocycles. The third kappa shape index (κ3) is 5.37. The molecule has 6 nitrogen and oxygen atoms in total. The average molecular weight is 365 g/mol. The monoisotopic (exact) mass is 365 g/mol. The molecule has 1 saturated heterocycles. The molecule has 1 unspecified atom stereocenters. The van der Waals surface area contributed by atoms with Crippen LogP contribution in [0.15, 0.2) is 24.3 Å². The van der Waals surface area contributed by atoms with E-state index < -0.39 is 6.04 Å². The molecular formula is C18H27N3O3S. The van der Waals surface area contributed by atoms with E-state index >= 15 is 0 Å². The average Bonchev–Trinajstić information content (AvgIpc) is 2.66. The number of hydrogen-bond donors (Lipinski definition) is 2. The molecule has 1 heterocycles. The highest BCUT2D eigenvalue weighted by molar-refractivity contribution is 7.98. The summed E-state index contributed by atoms with van der Waals surface area (Å²) < 4.78 is 5.26. The van der Waals surface area contributed by atoms with Gasteiger partial charge in [0.25, 0.3) is 0 Å². The Balaban J connectivity index is 1.85. The summed E-state index contributed by atoms with van der Waals surface area (Å²) in [5.41, 5.74) is 6.64. The Morgan fingerprint density at radius 2 is 2.04 bits per heavy atom. The molecule has 25 heavy (non-hydrogen) atoms. The Morgan fingerprint density at radius 1 is 1.36 bits per heavy atom. The number of benzene rings is 1. The third-order valence-corrected chi connectivity index (χ3v) is 5.14. The lowest BCUT2D eigenvalue weighted by Gasteiger charge is -2.33. The van der Waals surface area contributed by atoms with Gasteiger partial charge in [-0.1, -0.05) is 12.1 Å². The van der Waals surface area contributed by atoms with Crippen LogP contribution in [0.1, 0.15) is 19.3 Å². The van der Waals surface area contributed by atoms with E-state index in [1.165, 1.54) is 0 Å². The lowest BCUT2D eigenvalue weighted by Crippen LogP contribution is -2.48. The third-order valence-electron chi connectivity index (χ3n) is 4.49. The van der Waals surface area contributed by atoms with Gasteiger partial charge in [0.1, 0.15) is 5.75 Å². The first kappa shape index (κ1) is 19.6. The van der Waals surface area contributed by atoms with Gasteiger partial charge in [-0.05, 0) is 43.4 Å². The summed E-state index contributed by atoms with van der Waals surface area (Å²) in [4.78, 5) is 26.6. The Kier molecular flexibility index (Phi) is 7.58. The SMILES string of the molecule is COc1ccccc1NC(=O)C1CCN(C(=O)C(N)CCSC)CC1. The molecule has 3 N–H and O–H groups in total. The highest BCUT2D eigenvalue weighted by Gasteiger charge is 2.29. The second kappa shape index (κ2) is 9.68. The zero-order valence-corrected chi connectivity index (χ0v) is 15.7. The minimum atomic E-state index is -0.439. The highest BCUT2D eigenvalue weighted by atomic mass is 32.2. The number of hydrogen-bond acceptors (Lipinski definition) is 5. The van der Waals surface area contributed by atoms with E-state index in [1.807, 2.05) is 30.5 Å². The van der Waals surface area contributed by atoms with E-state index in [2.05, 4.69) is 5.32 Å². The van der Waals surface area contributed by atoms with Gasteiger partial charge in [0.2, 0.25) is 11.8 Å². The van der Waals surface area contributed by atoms with E-state index in [0.717, 1.165) is 5.75 Å². The van der Waals surface area contributed by atoms with Gasteiger partial charge < -0.3 is 20.7 Å². The van der Waals surface area contributed by atoms with Crippen LogP contribution in [0.2, 0.25) is 0 Å². The number of nitrogens with two attached hydrogens (primary N) is 1. The molecule has 1 atom stereocenters. The van der Waals surface area contributed by atoms with Crippen LogP contribution in [0.5, 0.6) is 5.75 Å². The number of ether oxygens (including phenoxy) is 1. The quantitative estimate of drug-likeness (QED) is 0.771. The topological polar surface area (TPSA) is 84.7 Å². The number of nitrogens with zero attached hydrogens (tertiary/aromatic N) is 1. The van der Waals surface area contributed by atoms with Crippen molar-refractivity contribution in [2.24, 2.45) is 11.7 Å². The minimum Gasteiger partial charge on any atom is -0.495 e. The first-order valence-electron chi connectivity index (χ1n) is 8.54. The fourth-order valence-electron chi connectivity index (χ4n) is 2.95. The van der Waals surface area contributed by atoms with Crippen LogP contribution in [-0.2, 0) is 9.59 Å². The summed E-state index contributed by atoms with van der Waals surface area (Å²) in [7, 11) is 1.58. The predicted molar refractivity (Wildman–Crippen MR) is 102 cm³/mol. The van der Waals surface area contributed by atoms with Gasteiger partial charge in [0.15, 0.2) is 0 Å². The molecule has 0 saturated carbocycles. The van der Waals surface area contributed by atoms with Crippen molar-refractivity contribution in [1.29, 1.82) is 0 Å². The standard InChI is InChI=1S/C18H27N3O3S/c1-24-16-6-4-3-5-15(16)20-17(22)13-7-10-21(11-8-13)18(23)14(19)9-12-25-2/h3-6,13-14H,7-12,19H2,1-2H3,(H,20,22). The van der Waals surface area contributed by atoms with E-state index in [4.69, 9.17) is 10.5 Å². The largest absolute Gasteiger partial charge is 0.495 e. The van der Waals surface area contributed by atoms with Crippen molar-refractivity contribution in [3.05, 3.63) is 24.3 Å². The summed E-state index contributed by atoms with van der Waals surface area (Å²) in [5.74, 6) is 1.39. The summed E-state index contributed by atoms with van der Waals surface area (Å²) in [5, 5.41) is 2.93. The van der Waals surface area contributed by atoms with Gasteiger partial charge in [0, 0.05) is 19.0 Å². The lowest BCUT2D eigenvalue weighted by molar-refractivity contribution is -0.135. The molecule has 1 fully saturated rings. The molecule has 1 aliphatic rings. The normalized spacial score (nSPS) is 16.4. The maximum absolute atomic E-state index is 12.5. The number of thioether (sulfide) groups is 1. The van der Waals surface area contributed by atoms with Crippen molar-refractivity contribution in [1.82, 2.24) is 4.90 Å². The smallest absolute Gasteiger partial charge is 0.239 e. The molecular weight excluding hydrogens is 338 g/mol. The molecule has 1 aromatic carbocycles. The Bertz CT molecular complexity index is 589. The molecule has 0 radical (unpaired) electrons. The molecule has 0 bridgehead atoms. The number of anilines is 1. The number of carbonyl (C=O) groups is 2. The van der Waals surface area contributed by atoms with E-state index in [1.54, 1.807) is 23.8 Å². The number of methoxy groups -OCH3 is 1. The molecule has 1 aliphatic heterocycles. The minimum absolute atomic E-state index is 0.00219. The summed E-state index contributed by atoms with van der Waals surface area (Å²) >= 11 is 1.69. The van der Waals surface area contributed by atoms with Crippen LogP contribution in [0.3, 0.4) is 0 Å². The summed E-state index contributed by atoms with van der Waals surface area (Å²) in [6.07, 6.45) is 4.00. The molecule has 138 valence electrons. The van der Waals surface area contributed by atoms with Gasteiger partial charge in [0.05, 0.1) is 18.8 Å². The van der Waals surface area contributed by atoms with Crippen LogP contribution in [0.25, 0.3) is 0 Å². The summed E-state index contributed by atoms with van der Waals surface area (Å²) in [6.45, 7) is 1.16. The second-order valence-electron chi connectivity index (χ2n) is 6.18. The van der Waals surface area contributed by atoms with Crippen molar-refractivity contribution in [3.8, 4) is 5.75 Å². The highest BCUT2D eigenvalue weighted by Crippen LogP contribution is 2.26. The van der Waals surface area contributed by atoms with Gasteiger partial charge in [-0.15, -0.1) is 0 Å². The Hall–Kier alpha value is -1.73. The molecule has 0 spiro atoms. The number of rotatable bonds is 7. The predicted octanol–water partition coefficient (Wildman–Crippen LogP) is 1.95. The van der Waals surface area contributed by atoms with Gasteiger partial charge >= 0.3 is 0 Å². The number of likely N-dealkylation sites (tertiary alicyclic amines) is 1. The number of nitrogens with one attached hydrogen (secondary N) is 1. The number of para-hydroxylation sites is 2. The Morgan fingerprint density at radius 3 is 2.68 bits per heavy atom. The first-order chi connectivity index (χ1) is 12.1. The fourth-order valence-corrected chi connectivity index (χ4v) is 3.44. The Labute approximate surface area is 153 Å². The van der Waals surface area contributed by atoms with Gasteiger partial charge in [-0.3, -0.25) is 9.59 Å². The van der Waals surface area contributed by atoms with Crippen LogP contribution in [0.4, 0.5) is 5.69 Å². The van der Waals surface area contributed by atoms with Gasteiger partial charge in [-0.25, -0.2) is 0 Å². The van der Waals surface area contributed by atoms with Gasteiger partial charge in [-0.2, -0.15) is 11.8 Å². The number of carbonyl (C=O) groups excluding carboxylic acids is 2. The number of piperidine rings is 1. The molecule has 0 aromatic heterocycles. The van der Waals surface area contributed by atoms with E-state index in [0.29, 0.717) is 43.8 Å². The number of amides is 2. The zero-order valence-electron chi connectivity index (χ0n) is 14.9. The van der Waals surface area contributed by atoms with Crippen LogP contribution in [0, 0.1) is 5.92 Å². The second-order valence-corrected chi connectivity index (χ2v) is 7.16. The summed E-state index contributed by atoms with van der Waals surface area (Å²) in [6, 6.07) is 6.91. The molecule has 2 rings (SSSR count). The zero-order chi connectivity index (χ0) is 18.2. The van der Waals surface area contributed by atoms with E-state index in [-0.39, 0.29) is 17.7 Å². The van der Waals surface area contributed by atoms with Crippen molar-refractivity contribution in [2.75, 3.05) is 37.5 Å². The van der Waals surface area contributed by atoms with Crippen molar-refractivity contribution < 1.29 is 14.3 Å². The van der Waals surface area contributed by atoms with Crippen molar-refractivity contribution in [3.63, 3.8) is 0 Å². The first-order valence-corrected chi connectivity index (χ1v) is 9.93. The maximum Gasteiger partial charge on any atom is 0.239 e. The van der Waals surface area contributed by atoms with E-state index in [9.17, 15) is 9.59 Å². The van der Waals surface area contributed by atoms with Crippen LogP contribution in [-0.4, -0.2) is 55.0 Å². The molecule has 1 aromatic rings. The van der Waals surface area contributed by atoms with Crippen molar-refractivity contribution >= 4 is 29.3 Å². The lowest BCUT2D eigenvalue weighted by atomic mass is 9.95. The molecule has 7 heteroatoms.